The van der Waals surface area contributed by atoms with Crippen molar-refractivity contribution in [1.82, 2.24) is 0 Å². The van der Waals surface area contributed by atoms with Gasteiger partial charge in [0.25, 0.3) is 0 Å². The minimum absolute atomic E-state index is 0.163. The minimum atomic E-state index is -0.186. The summed E-state index contributed by atoms with van der Waals surface area (Å²) in [5.74, 6) is -0.155. The Morgan fingerprint density at radius 3 is 1.95 bits per heavy atom. The van der Waals surface area contributed by atoms with Crippen LogP contribution in [0.2, 0.25) is 0 Å². The fourth-order valence-electron chi connectivity index (χ4n) is 2.26. The van der Waals surface area contributed by atoms with E-state index in [9.17, 15) is 15.3 Å². The van der Waals surface area contributed by atoms with Crippen LogP contribution in [0.25, 0.3) is 11.1 Å². The Labute approximate surface area is 112 Å². The molecule has 2 aromatic rings. The van der Waals surface area contributed by atoms with Crippen LogP contribution in [0.5, 0.6) is 17.2 Å². The molecule has 3 heteroatoms. The number of phenols is 3. The Kier molecular flexibility index (Phi) is 3.65. The van der Waals surface area contributed by atoms with Crippen LogP contribution in [0.4, 0.5) is 0 Å². The average molecular weight is 258 g/mol. The van der Waals surface area contributed by atoms with Crippen molar-refractivity contribution >= 4 is 0 Å². The van der Waals surface area contributed by atoms with Gasteiger partial charge in [0.15, 0.2) is 11.5 Å². The van der Waals surface area contributed by atoms with Gasteiger partial charge in [-0.3, -0.25) is 0 Å². The molecule has 0 unspecified atom stereocenters. The van der Waals surface area contributed by atoms with E-state index >= 15 is 0 Å². The Bertz CT molecular complexity index is 603. The van der Waals surface area contributed by atoms with E-state index in [1.54, 1.807) is 12.1 Å². The maximum Gasteiger partial charge on any atom is 0.158 e. The summed E-state index contributed by atoms with van der Waals surface area (Å²) < 4.78 is 0. The van der Waals surface area contributed by atoms with E-state index < -0.39 is 0 Å². The van der Waals surface area contributed by atoms with E-state index in [4.69, 9.17) is 0 Å². The highest BCUT2D eigenvalue weighted by Gasteiger charge is 2.11. The van der Waals surface area contributed by atoms with Crippen molar-refractivity contribution in [2.45, 2.75) is 26.7 Å². The number of aryl methyl sites for hydroxylation is 2. The summed E-state index contributed by atoms with van der Waals surface area (Å²) in [5, 5.41) is 29.0. The van der Waals surface area contributed by atoms with Gasteiger partial charge < -0.3 is 15.3 Å². The van der Waals surface area contributed by atoms with E-state index in [2.05, 4.69) is 13.8 Å². The zero-order valence-corrected chi connectivity index (χ0v) is 11.1. The highest BCUT2D eigenvalue weighted by molar-refractivity contribution is 5.73. The van der Waals surface area contributed by atoms with Crippen molar-refractivity contribution < 1.29 is 15.3 Å². The average Bonchev–Trinajstić information content (AvgIpc) is 2.41. The lowest BCUT2D eigenvalue weighted by atomic mass is 9.95. The molecule has 0 atom stereocenters. The molecule has 19 heavy (non-hydrogen) atoms. The standard InChI is InChI=1S/C16H18O3/c1-3-10-7-13(15(18)8-11(10)4-2)12-5-6-14(17)16(19)9-12/h5-9,17-19H,3-4H2,1-2H3. The molecule has 0 saturated carbocycles. The molecule has 0 heterocycles. The summed E-state index contributed by atoms with van der Waals surface area (Å²) >= 11 is 0. The third-order valence-electron chi connectivity index (χ3n) is 3.37. The number of aromatic hydroxyl groups is 3. The second kappa shape index (κ2) is 5.22. The number of hydrogen-bond donors (Lipinski definition) is 3. The van der Waals surface area contributed by atoms with Gasteiger partial charge >= 0.3 is 0 Å². The van der Waals surface area contributed by atoms with Crippen molar-refractivity contribution in [3.63, 3.8) is 0 Å². The van der Waals surface area contributed by atoms with Crippen molar-refractivity contribution in [1.29, 1.82) is 0 Å². The van der Waals surface area contributed by atoms with Crippen LogP contribution < -0.4 is 0 Å². The summed E-state index contributed by atoms with van der Waals surface area (Å²) in [6.07, 6.45) is 1.76. The minimum Gasteiger partial charge on any atom is -0.507 e. The number of benzene rings is 2. The van der Waals surface area contributed by atoms with Crippen LogP contribution in [-0.2, 0) is 12.8 Å². The molecule has 2 aromatic carbocycles. The molecule has 0 spiro atoms. The molecule has 0 fully saturated rings. The molecule has 0 radical (unpaired) electrons. The van der Waals surface area contributed by atoms with E-state index in [1.165, 1.54) is 17.7 Å². The molecule has 0 amide bonds. The van der Waals surface area contributed by atoms with Crippen LogP contribution in [0.3, 0.4) is 0 Å². The van der Waals surface area contributed by atoms with Crippen molar-refractivity contribution in [3.05, 3.63) is 41.5 Å². The van der Waals surface area contributed by atoms with Crippen molar-refractivity contribution in [2.75, 3.05) is 0 Å². The smallest absolute Gasteiger partial charge is 0.158 e. The van der Waals surface area contributed by atoms with Gasteiger partial charge in [0.05, 0.1) is 0 Å². The molecule has 0 bridgehead atoms. The molecule has 0 saturated heterocycles. The predicted molar refractivity (Wildman–Crippen MR) is 75.6 cm³/mol. The van der Waals surface area contributed by atoms with Crippen LogP contribution >= 0.6 is 0 Å². The molecular formula is C16H18O3. The topological polar surface area (TPSA) is 60.7 Å². The molecule has 3 nitrogen and oxygen atoms in total. The van der Waals surface area contributed by atoms with Gasteiger partial charge in [0.2, 0.25) is 0 Å². The van der Waals surface area contributed by atoms with Crippen LogP contribution in [0, 0.1) is 0 Å². The van der Waals surface area contributed by atoms with E-state index in [0.717, 1.165) is 18.4 Å². The van der Waals surface area contributed by atoms with Crippen LogP contribution in [0.15, 0.2) is 30.3 Å². The van der Waals surface area contributed by atoms with Gasteiger partial charge in [-0.15, -0.1) is 0 Å². The zero-order valence-electron chi connectivity index (χ0n) is 11.1. The lowest BCUT2D eigenvalue weighted by Crippen LogP contribution is -1.92. The first-order valence-electron chi connectivity index (χ1n) is 6.43. The third kappa shape index (κ3) is 2.50. The van der Waals surface area contributed by atoms with Gasteiger partial charge in [-0.1, -0.05) is 19.9 Å². The largest absolute Gasteiger partial charge is 0.507 e. The summed E-state index contributed by atoms with van der Waals surface area (Å²) in [5.41, 5.74) is 3.67. The first-order valence-corrected chi connectivity index (χ1v) is 6.43. The summed E-state index contributed by atoms with van der Waals surface area (Å²) in [7, 11) is 0. The summed E-state index contributed by atoms with van der Waals surface area (Å²) in [6, 6.07) is 8.27. The van der Waals surface area contributed by atoms with E-state index in [1.807, 2.05) is 6.07 Å². The zero-order chi connectivity index (χ0) is 14.0. The van der Waals surface area contributed by atoms with Crippen molar-refractivity contribution in [3.8, 4) is 28.4 Å². The lowest BCUT2D eigenvalue weighted by Gasteiger charge is -2.12. The maximum absolute atomic E-state index is 10.1. The normalized spacial score (nSPS) is 10.6. The maximum atomic E-state index is 10.1. The molecular weight excluding hydrogens is 240 g/mol. The second-order valence-electron chi connectivity index (χ2n) is 4.55. The predicted octanol–water partition coefficient (Wildman–Crippen LogP) is 3.60. The molecule has 0 aliphatic heterocycles. The first-order chi connectivity index (χ1) is 9.06. The lowest BCUT2D eigenvalue weighted by molar-refractivity contribution is 0.404. The first kappa shape index (κ1) is 13.3. The monoisotopic (exact) mass is 258 g/mol. The molecule has 0 aromatic heterocycles. The summed E-state index contributed by atoms with van der Waals surface area (Å²) in [4.78, 5) is 0. The quantitative estimate of drug-likeness (QED) is 0.737. The van der Waals surface area contributed by atoms with Crippen LogP contribution in [0.1, 0.15) is 25.0 Å². The summed E-state index contributed by atoms with van der Waals surface area (Å²) in [6.45, 7) is 4.13. The molecule has 0 aliphatic rings. The highest BCUT2D eigenvalue weighted by Crippen LogP contribution is 2.36. The molecule has 3 N–H and O–H groups in total. The Hall–Kier alpha value is -2.16. The van der Waals surface area contributed by atoms with Gasteiger partial charge in [-0.2, -0.15) is 0 Å². The fourth-order valence-corrected chi connectivity index (χ4v) is 2.26. The fraction of sp³-hybridized carbons (Fsp3) is 0.250. The highest BCUT2D eigenvalue weighted by atomic mass is 16.3. The van der Waals surface area contributed by atoms with Crippen molar-refractivity contribution in [2.24, 2.45) is 0 Å². The van der Waals surface area contributed by atoms with E-state index in [-0.39, 0.29) is 17.2 Å². The number of hydrogen-bond acceptors (Lipinski definition) is 3. The Balaban J connectivity index is 2.58. The SMILES string of the molecule is CCc1cc(O)c(-c2ccc(O)c(O)c2)cc1CC. The van der Waals surface area contributed by atoms with Crippen LogP contribution in [-0.4, -0.2) is 15.3 Å². The van der Waals surface area contributed by atoms with E-state index in [0.29, 0.717) is 11.1 Å². The molecule has 0 aliphatic carbocycles. The second-order valence-corrected chi connectivity index (χ2v) is 4.55. The molecule has 100 valence electrons. The number of rotatable bonds is 3. The Morgan fingerprint density at radius 1 is 0.737 bits per heavy atom. The van der Waals surface area contributed by atoms with Gasteiger partial charge in [0, 0.05) is 5.56 Å². The van der Waals surface area contributed by atoms with Gasteiger partial charge in [-0.05, 0) is 53.8 Å². The third-order valence-corrected chi connectivity index (χ3v) is 3.37. The Morgan fingerprint density at radius 2 is 1.37 bits per heavy atom. The molecule has 2 rings (SSSR count). The van der Waals surface area contributed by atoms with Gasteiger partial charge in [0.1, 0.15) is 5.75 Å². The number of phenolic OH excluding ortho intramolecular Hbond substituents is 3. The van der Waals surface area contributed by atoms with Gasteiger partial charge in [-0.25, -0.2) is 0 Å².